The van der Waals surface area contributed by atoms with Gasteiger partial charge in [-0.05, 0) is 45.1 Å². The predicted molar refractivity (Wildman–Crippen MR) is 55.9 cm³/mol. The van der Waals surface area contributed by atoms with Crippen molar-refractivity contribution < 1.29 is 4.74 Å². The van der Waals surface area contributed by atoms with E-state index in [0.29, 0.717) is 6.04 Å². The van der Waals surface area contributed by atoms with Crippen LogP contribution in [0.4, 0.5) is 0 Å². The first kappa shape index (κ1) is 11.0. The van der Waals surface area contributed by atoms with E-state index in [1.807, 2.05) is 0 Å². The van der Waals surface area contributed by atoms with Crippen molar-refractivity contribution in [1.29, 1.82) is 0 Å². The summed E-state index contributed by atoms with van der Waals surface area (Å²) in [6.45, 7) is 7.52. The molecule has 1 fully saturated rings. The van der Waals surface area contributed by atoms with E-state index in [-0.39, 0.29) is 0 Å². The average Bonchev–Trinajstić information content (AvgIpc) is 2.17. The lowest BCUT2D eigenvalue weighted by molar-refractivity contribution is 0.0626. The van der Waals surface area contributed by atoms with E-state index < -0.39 is 0 Å². The average molecular weight is 185 g/mol. The Labute approximate surface area is 82.0 Å². The standard InChI is InChI=1S/C11H23NO/c1-3-12-10(2)4-5-11-6-8-13-9-7-11/h10-12H,3-9H2,1-2H3. The summed E-state index contributed by atoms with van der Waals surface area (Å²) in [6, 6.07) is 0.688. The predicted octanol–water partition coefficient (Wildman–Crippen LogP) is 2.19. The second-order valence-corrected chi connectivity index (χ2v) is 4.09. The van der Waals surface area contributed by atoms with Gasteiger partial charge in [0.05, 0.1) is 0 Å². The van der Waals surface area contributed by atoms with E-state index in [4.69, 9.17) is 4.74 Å². The first-order valence-electron chi connectivity index (χ1n) is 5.64. The third-order valence-corrected chi connectivity index (χ3v) is 2.90. The molecule has 0 aliphatic carbocycles. The number of rotatable bonds is 5. The molecule has 0 radical (unpaired) electrons. The molecule has 2 heteroatoms. The van der Waals surface area contributed by atoms with E-state index in [1.54, 1.807) is 0 Å². The molecule has 13 heavy (non-hydrogen) atoms. The van der Waals surface area contributed by atoms with Gasteiger partial charge in [0, 0.05) is 19.3 Å². The topological polar surface area (TPSA) is 21.3 Å². The molecule has 0 saturated carbocycles. The van der Waals surface area contributed by atoms with Gasteiger partial charge in [-0.1, -0.05) is 6.92 Å². The Morgan fingerprint density at radius 3 is 2.69 bits per heavy atom. The van der Waals surface area contributed by atoms with Crippen molar-refractivity contribution in [2.75, 3.05) is 19.8 Å². The van der Waals surface area contributed by atoms with Crippen molar-refractivity contribution >= 4 is 0 Å². The normalized spacial score (nSPS) is 21.7. The van der Waals surface area contributed by atoms with Crippen LogP contribution in [0.2, 0.25) is 0 Å². The molecule has 1 aliphatic rings. The maximum absolute atomic E-state index is 5.34. The van der Waals surface area contributed by atoms with Gasteiger partial charge >= 0.3 is 0 Å². The molecule has 1 saturated heterocycles. The smallest absolute Gasteiger partial charge is 0.0468 e. The first-order chi connectivity index (χ1) is 6.33. The lowest BCUT2D eigenvalue weighted by Gasteiger charge is -2.23. The van der Waals surface area contributed by atoms with Crippen LogP contribution in [0.15, 0.2) is 0 Å². The number of ether oxygens (including phenoxy) is 1. The van der Waals surface area contributed by atoms with Crippen LogP contribution in [0, 0.1) is 5.92 Å². The summed E-state index contributed by atoms with van der Waals surface area (Å²) in [5, 5.41) is 3.45. The highest BCUT2D eigenvalue weighted by Crippen LogP contribution is 2.20. The van der Waals surface area contributed by atoms with Crippen molar-refractivity contribution in [1.82, 2.24) is 5.32 Å². The molecule has 0 aromatic carbocycles. The fourth-order valence-electron chi connectivity index (χ4n) is 1.97. The van der Waals surface area contributed by atoms with Crippen molar-refractivity contribution in [3.63, 3.8) is 0 Å². The molecule has 1 rings (SSSR count). The van der Waals surface area contributed by atoms with E-state index in [0.717, 1.165) is 25.7 Å². The monoisotopic (exact) mass is 185 g/mol. The Morgan fingerprint density at radius 1 is 1.38 bits per heavy atom. The second-order valence-electron chi connectivity index (χ2n) is 4.09. The molecule has 78 valence electrons. The van der Waals surface area contributed by atoms with Gasteiger partial charge in [0.1, 0.15) is 0 Å². The van der Waals surface area contributed by atoms with Crippen LogP contribution in [0.3, 0.4) is 0 Å². The second kappa shape index (κ2) is 6.39. The zero-order valence-corrected chi connectivity index (χ0v) is 9.01. The molecule has 0 aromatic rings. The fourth-order valence-corrected chi connectivity index (χ4v) is 1.97. The van der Waals surface area contributed by atoms with E-state index in [9.17, 15) is 0 Å². The minimum Gasteiger partial charge on any atom is -0.381 e. The molecule has 0 bridgehead atoms. The zero-order chi connectivity index (χ0) is 9.52. The molecular weight excluding hydrogens is 162 g/mol. The van der Waals surface area contributed by atoms with Crippen LogP contribution in [-0.2, 0) is 4.74 Å². The van der Waals surface area contributed by atoms with Gasteiger partial charge in [0.15, 0.2) is 0 Å². The molecular formula is C11H23NO. The van der Waals surface area contributed by atoms with Gasteiger partial charge in [-0.3, -0.25) is 0 Å². The van der Waals surface area contributed by atoms with Crippen LogP contribution in [0.1, 0.15) is 39.5 Å². The molecule has 1 atom stereocenters. The van der Waals surface area contributed by atoms with E-state index in [2.05, 4.69) is 19.2 Å². The molecule has 0 aromatic heterocycles. The van der Waals surface area contributed by atoms with E-state index in [1.165, 1.54) is 25.7 Å². The third kappa shape index (κ3) is 4.63. The van der Waals surface area contributed by atoms with Crippen LogP contribution in [0.5, 0.6) is 0 Å². The Bertz CT molecular complexity index is 121. The van der Waals surface area contributed by atoms with Gasteiger partial charge in [0.2, 0.25) is 0 Å². The number of nitrogens with one attached hydrogen (secondary N) is 1. The minimum absolute atomic E-state index is 0.688. The molecule has 2 nitrogen and oxygen atoms in total. The Kier molecular flexibility index (Phi) is 5.40. The summed E-state index contributed by atoms with van der Waals surface area (Å²) in [6.07, 6.45) is 5.24. The molecule has 0 amide bonds. The first-order valence-corrected chi connectivity index (χ1v) is 5.64. The summed E-state index contributed by atoms with van der Waals surface area (Å²) >= 11 is 0. The summed E-state index contributed by atoms with van der Waals surface area (Å²) in [4.78, 5) is 0. The molecule has 1 N–H and O–H groups in total. The maximum Gasteiger partial charge on any atom is 0.0468 e. The largest absolute Gasteiger partial charge is 0.381 e. The van der Waals surface area contributed by atoms with Gasteiger partial charge < -0.3 is 10.1 Å². The lowest BCUT2D eigenvalue weighted by atomic mass is 9.93. The van der Waals surface area contributed by atoms with Crippen LogP contribution in [-0.4, -0.2) is 25.8 Å². The molecule has 1 unspecified atom stereocenters. The number of hydrogen-bond acceptors (Lipinski definition) is 2. The Balaban J connectivity index is 2.03. The summed E-state index contributed by atoms with van der Waals surface area (Å²) in [5.74, 6) is 0.926. The highest BCUT2D eigenvalue weighted by atomic mass is 16.5. The van der Waals surface area contributed by atoms with Gasteiger partial charge in [0.25, 0.3) is 0 Å². The molecule has 1 heterocycles. The maximum atomic E-state index is 5.34. The van der Waals surface area contributed by atoms with Gasteiger partial charge in [-0.15, -0.1) is 0 Å². The van der Waals surface area contributed by atoms with Crippen LogP contribution >= 0.6 is 0 Å². The highest BCUT2D eigenvalue weighted by molar-refractivity contribution is 4.67. The summed E-state index contributed by atoms with van der Waals surface area (Å²) in [7, 11) is 0. The van der Waals surface area contributed by atoms with Gasteiger partial charge in [-0.2, -0.15) is 0 Å². The van der Waals surface area contributed by atoms with Crippen LogP contribution in [0.25, 0.3) is 0 Å². The highest BCUT2D eigenvalue weighted by Gasteiger charge is 2.14. The lowest BCUT2D eigenvalue weighted by Crippen LogP contribution is -2.27. The minimum atomic E-state index is 0.688. The van der Waals surface area contributed by atoms with Crippen molar-refractivity contribution in [3.05, 3.63) is 0 Å². The molecule has 0 spiro atoms. The third-order valence-electron chi connectivity index (χ3n) is 2.90. The summed E-state index contributed by atoms with van der Waals surface area (Å²) < 4.78 is 5.34. The van der Waals surface area contributed by atoms with Crippen molar-refractivity contribution in [3.8, 4) is 0 Å². The number of hydrogen-bond donors (Lipinski definition) is 1. The Morgan fingerprint density at radius 2 is 2.08 bits per heavy atom. The molecule has 1 aliphatic heterocycles. The van der Waals surface area contributed by atoms with Crippen molar-refractivity contribution in [2.45, 2.75) is 45.6 Å². The van der Waals surface area contributed by atoms with Crippen molar-refractivity contribution in [2.24, 2.45) is 5.92 Å². The van der Waals surface area contributed by atoms with E-state index >= 15 is 0 Å². The fraction of sp³-hybridized carbons (Fsp3) is 1.00. The quantitative estimate of drug-likeness (QED) is 0.709. The Hall–Kier alpha value is -0.0800. The van der Waals surface area contributed by atoms with Crippen LogP contribution < -0.4 is 5.32 Å². The summed E-state index contributed by atoms with van der Waals surface area (Å²) in [5.41, 5.74) is 0. The SMILES string of the molecule is CCNC(C)CCC1CCOCC1. The van der Waals surface area contributed by atoms with Gasteiger partial charge in [-0.25, -0.2) is 0 Å². The zero-order valence-electron chi connectivity index (χ0n) is 9.01.